The molecule has 5 heteroatoms. The van der Waals surface area contributed by atoms with Gasteiger partial charge in [0.25, 0.3) is 0 Å². The third-order valence-corrected chi connectivity index (χ3v) is 3.97. The molecule has 0 saturated heterocycles. The van der Waals surface area contributed by atoms with Gasteiger partial charge in [-0.2, -0.15) is 0 Å². The van der Waals surface area contributed by atoms with Crippen molar-refractivity contribution in [2.75, 3.05) is 6.61 Å². The molecule has 1 aromatic rings. The summed E-state index contributed by atoms with van der Waals surface area (Å²) in [6.45, 7) is 2.09. The zero-order valence-electron chi connectivity index (χ0n) is 12.5. The molecule has 120 valence electrons. The van der Waals surface area contributed by atoms with Crippen LogP contribution >= 0.6 is 0 Å². The summed E-state index contributed by atoms with van der Waals surface area (Å²) >= 11 is 0. The van der Waals surface area contributed by atoms with Gasteiger partial charge in [0.05, 0.1) is 6.61 Å². The first-order valence-electron chi connectivity index (χ1n) is 7.63. The van der Waals surface area contributed by atoms with Gasteiger partial charge in [-0.25, -0.2) is 0 Å². The molecule has 22 heavy (non-hydrogen) atoms. The molecule has 0 N–H and O–H groups in total. The fourth-order valence-corrected chi connectivity index (χ4v) is 2.24. The van der Waals surface area contributed by atoms with Crippen molar-refractivity contribution in [3.05, 3.63) is 29.3 Å². The van der Waals surface area contributed by atoms with Crippen molar-refractivity contribution in [3.63, 3.8) is 0 Å². The van der Waals surface area contributed by atoms with Crippen LogP contribution in [0.25, 0.3) is 6.08 Å². The molecule has 0 unspecified atom stereocenters. The van der Waals surface area contributed by atoms with Gasteiger partial charge in [0.15, 0.2) is 11.5 Å². The molecule has 0 bridgehead atoms. The normalized spacial score (nSPS) is 18.7. The molecule has 2 aliphatic rings. The Bertz CT molecular complexity index is 570. The highest BCUT2D eigenvalue weighted by atomic mass is 19.4. The quantitative estimate of drug-likeness (QED) is 0.727. The number of ether oxygens (including phenoxy) is 2. The van der Waals surface area contributed by atoms with Gasteiger partial charge in [-0.3, -0.25) is 0 Å². The second-order valence-electron chi connectivity index (χ2n) is 6.11. The Morgan fingerprint density at radius 2 is 1.91 bits per heavy atom. The molecule has 2 fully saturated rings. The minimum Gasteiger partial charge on any atom is -0.489 e. The fourth-order valence-electron chi connectivity index (χ4n) is 2.24. The Hall–Kier alpha value is -1.65. The Labute approximate surface area is 127 Å². The number of hydrogen-bond acceptors (Lipinski definition) is 2. The predicted octanol–water partition coefficient (Wildman–Crippen LogP) is 5.11. The predicted molar refractivity (Wildman–Crippen MR) is 77.8 cm³/mol. The van der Waals surface area contributed by atoms with Crippen LogP contribution in [-0.2, 0) is 0 Å². The van der Waals surface area contributed by atoms with Crippen LogP contribution in [0.4, 0.5) is 13.2 Å². The maximum atomic E-state index is 12.7. The molecular weight excluding hydrogens is 293 g/mol. The van der Waals surface area contributed by atoms with Crippen LogP contribution in [0.5, 0.6) is 11.5 Å². The second-order valence-corrected chi connectivity index (χ2v) is 6.11. The Balaban J connectivity index is 1.84. The molecule has 1 aromatic carbocycles. The number of benzene rings is 1. The van der Waals surface area contributed by atoms with Crippen LogP contribution in [0.1, 0.15) is 36.8 Å². The highest BCUT2D eigenvalue weighted by Gasteiger charge is 2.34. The molecule has 0 amide bonds. The minimum atomic E-state index is -4.72. The summed E-state index contributed by atoms with van der Waals surface area (Å²) in [7, 11) is 0. The van der Waals surface area contributed by atoms with Gasteiger partial charge in [0.2, 0.25) is 0 Å². The lowest BCUT2D eigenvalue weighted by atomic mass is 10.1. The summed E-state index contributed by atoms with van der Waals surface area (Å²) in [4.78, 5) is 0. The van der Waals surface area contributed by atoms with Crippen molar-refractivity contribution in [3.8, 4) is 11.5 Å². The number of rotatable bonds is 6. The van der Waals surface area contributed by atoms with Crippen molar-refractivity contribution >= 4 is 6.08 Å². The van der Waals surface area contributed by atoms with E-state index in [1.807, 2.05) is 12.2 Å². The van der Waals surface area contributed by atoms with Crippen molar-refractivity contribution in [2.45, 2.75) is 39.0 Å². The lowest BCUT2D eigenvalue weighted by Crippen LogP contribution is -2.19. The van der Waals surface area contributed by atoms with Crippen LogP contribution in [-0.4, -0.2) is 13.0 Å². The largest absolute Gasteiger partial charge is 0.573 e. The summed E-state index contributed by atoms with van der Waals surface area (Å²) in [5.41, 5.74) is 1.20. The standard InChI is InChI=1S/C17H19F3O2/c1-11-14(7-6-12-2-3-12)8-9-15(21-10-13-4-5-13)16(11)22-17(18,19)20/h6-9,12-13H,2-5,10H2,1H3/b7-6+. The zero-order valence-corrected chi connectivity index (χ0v) is 12.5. The van der Waals surface area contributed by atoms with E-state index in [1.165, 1.54) is 0 Å². The first kappa shape index (κ1) is 15.3. The summed E-state index contributed by atoms with van der Waals surface area (Å²) in [6, 6.07) is 3.36. The number of halogens is 3. The first-order chi connectivity index (χ1) is 10.4. The van der Waals surface area contributed by atoms with Crippen LogP contribution in [0.15, 0.2) is 18.2 Å². The number of alkyl halides is 3. The van der Waals surface area contributed by atoms with E-state index in [4.69, 9.17) is 4.74 Å². The molecule has 0 spiro atoms. The Morgan fingerprint density at radius 1 is 1.18 bits per heavy atom. The van der Waals surface area contributed by atoms with Crippen molar-refractivity contribution in [2.24, 2.45) is 11.8 Å². The summed E-state index contributed by atoms with van der Waals surface area (Å²) in [5.74, 6) is 0.988. The van der Waals surface area contributed by atoms with Crippen LogP contribution in [0.3, 0.4) is 0 Å². The lowest BCUT2D eigenvalue weighted by Gasteiger charge is -2.17. The van der Waals surface area contributed by atoms with Crippen LogP contribution in [0, 0.1) is 18.8 Å². The summed E-state index contributed by atoms with van der Waals surface area (Å²) in [5, 5.41) is 0. The molecule has 2 aliphatic carbocycles. The Kier molecular flexibility index (Phi) is 4.06. The van der Waals surface area contributed by atoms with Gasteiger partial charge in [-0.15, -0.1) is 13.2 Å². The van der Waals surface area contributed by atoms with E-state index in [0.29, 0.717) is 24.0 Å². The second kappa shape index (κ2) is 5.86. The maximum Gasteiger partial charge on any atom is 0.573 e. The smallest absolute Gasteiger partial charge is 0.489 e. The van der Waals surface area contributed by atoms with E-state index in [-0.39, 0.29) is 11.5 Å². The molecular formula is C17H19F3O2. The fraction of sp³-hybridized carbons (Fsp3) is 0.529. The molecule has 2 nitrogen and oxygen atoms in total. The van der Waals surface area contributed by atoms with Gasteiger partial charge in [-0.05, 0) is 56.1 Å². The molecule has 0 heterocycles. The molecule has 0 radical (unpaired) electrons. The lowest BCUT2D eigenvalue weighted by molar-refractivity contribution is -0.275. The van der Waals surface area contributed by atoms with Crippen molar-refractivity contribution < 1.29 is 22.6 Å². The van der Waals surface area contributed by atoms with E-state index in [0.717, 1.165) is 31.2 Å². The first-order valence-corrected chi connectivity index (χ1v) is 7.63. The van der Waals surface area contributed by atoms with Crippen LogP contribution < -0.4 is 9.47 Å². The molecule has 3 rings (SSSR count). The van der Waals surface area contributed by atoms with E-state index >= 15 is 0 Å². The van der Waals surface area contributed by atoms with E-state index in [2.05, 4.69) is 4.74 Å². The van der Waals surface area contributed by atoms with Crippen molar-refractivity contribution in [1.29, 1.82) is 0 Å². The Morgan fingerprint density at radius 3 is 2.50 bits per heavy atom. The van der Waals surface area contributed by atoms with Gasteiger partial charge in [-0.1, -0.05) is 18.2 Å². The number of hydrogen-bond donors (Lipinski definition) is 0. The molecule has 2 saturated carbocycles. The molecule has 0 aromatic heterocycles. The summed E-state index contributed by atoms with van der Waals surface area (Å²) in [6.07, 6.45) is 3.67. The minimum absolute atomic E-state index is 0.172. The maximum absolute atomic E-state index is 12.7. The zero-order chi connectivity index (χ0) is 15.7. The molecule has 0 aliphatic heterocycles. The van der Waals surface area contributed by atoms with Crippen LogP contribution in [0.2, 0.25) is 0 Å². The molecule has 0 atom stereocenters. The number of allylic oxidation sites excluding steroid dienone is 1. The van der Waals surface area contributed by atoms with Crippen molar-refractivity contribution in [1.82, 2.24) is 0 Å². The topological polar surface area (TPSA) is 18.5 Å². The van der Waals surface area contributed by atoms with Gasteiger partial charge < -0.3 is 9.47 Å². The highest BCUT2D eigenvalue weighted by molar-refractivity contribution is 5.62. The van der Waals surface area contributed by atoms with Gasteiger partial charge in [0.1, 0.15) is 0 Å². The monoisotopic (exact) mass is 312 g/mol. The van der Waals surface area contributed by atoms with E-state index < -0.39 is 6.36 Å². The van der Waals surface area contributed by atoms with Gasteiger partial charge >= 0.3 is 6.36 Å². The SMILES string of the molecule is Cc1c(/C=C/C2CC2)ccc(OCC2CC2)c1OC(F)(F)F. The third kappa shape index (κ3) is 4.18. The van der Waals surface area contributed by atoms with E-state index in [1.54, 1.807) is 19.1 Å². The van der Waals surface area contributed by atoms with Gasteiger partial charge in [0, 0.05) is 5.56 Å². The summed E-state index contributed by atoms with van der Waals surface area (Å²) < 4.78 is 47.8. The highest BCUT2D eigenvalue weighted by Crippen LogP contribution is 2.40. The average Bonchev–Trinajstić information content (AvgIpc) is 3.31. The van der Waals surface area contributed by atoms with E-state index in [9.17, 15) is 13.2 Å². The average molecular weight is 312 g/mol. The third-order valence-electron chi connectivity index (χ3n) is 3.97.